The van der Waals surface area contributed by atoms with Gasteiger partial charge < -0.3 is 10.6 Å². The van der Waals surface area contributed by atoms with Gasteiger partial charge in [0.2, 0.25) is 5.91 Å². The average molecular weight is 233 g/mol. The molecule has 2 N–H and O–H groups in total. The van der Waals surface area contributed by atoms with E-state index in [1.165, 1.54) is 5.56 Å². The van der Waals surface area contributed by atoms with Crippen molar-refractivity contribution in [2.75, 3.05) is 13.1 Å². The van der Waals surface area contributed by atoms with Gasteiger partial charge in [0.05, 0.1) is 6.04 Å². The Morgan fingerprint density at radius 1 is 1.35 bits per heavy atom. The maximum absolute atomic E-state index is 11.7. The van der Waals surface area contributed by atoms with Crippen molar-refractivity contribution < 1.29 is 4.79 Å². The molecule has 2 heterocycles. The molecule has 0 bridgehead atoms. The molecule has 0 spiro atoms. The van der Waals surface area contributed by atoms with Crippen LogP contribution in [0, 0.1) is 0 Å². The summed E-state index contributed by atoms with van der Waals surface area (Å²) < 4.78 is 0. The number of nitrogens with zero attached hydrogens (tertiary/aromatic N) is 1. The van der Waals surface area contributed by atoms with E-state index in [-0.39, 0.29) is 11.9 Å². The fourth-order valence-corrected chi connectivity index (χ4v) is 2.07. The zero-order chi connectivity index (χ0) is 11.9. The van der Waals surface area contributed by atoms with Gasteiger partial charge in [-0.3, -0.25) is 9.78 Å². The van der Waals surface area contributed by atoms with E-state index in [2.05, 4.69) is 15.6 Å². The predicted molar refractivity (Wildman–Crippen MR) is 66.6 cm³/mol. The first-order valence-corrected chi connectivity index (χ1v) is 6.26. The molecule has 0 aromatic carbocycles. The number of aromatic nitrogens is 1. The topological polar surface area (TPSA) is 54.0 Å². The predicted octanol–water partition coefficient (Wildman–Crippen LogP) is 0.882. The lowest BCUT2D eigenvalue weighted by Crippen LogP contribution is -2.43. The minimum absolute atomic E-state index is 0.0145. The Labute approximate surface area is 102 Å². The zero-order valence-corrected chi connectivity index (χ0v) is 9.98. The van der Waals surface area contributed by atoms with Crippen molar-refractivity contribution in [2.24, 2.45) is 0 Å². The number of nitrogens with one attached hydrogen (secondary N) is 2. The van der Waals surface area contributed by atoms with E-state index < -0.39 is 0 Å². The first-order valence-electron chi connectivity index (χ1n) is 6.26. The third kappa shape index (κ3) is 3.82. The van der Waals surface area contributed by atoms with Crippen LogP contribution in [0.25, 0.3) is 0 Å². The fourth-order valence-electron chi connectivity index (χ4n) is 2.07. The Morgan fingerprint density at radius 2 is 2.18 bits per heavy atom. The van der Waals surface area contributed by atoms with Crippen LogP contribution < -0.4 is 10.6 Å². The van der Waals surface area contributed by atoms with Crippen LogP contribution in [-0.2, 0) is 11.2 Å². The van der Waals surface area contributed by atoms with E-state index in [1.807, 2.05) is 12.1 Å². The molecule has 1 aliphatic rings. The first kappa shape index (κ1) is 12.0. The SMILES string of the molecule is O=C1NCCCCC1NCCc1ccncc1. The molecular weight excluding hydrogens is 214 g/mol. The van der Waals surface area contributed by atoms with Gasteiger partial charge in [-0.2, -0.15) is 0 Å². The third-order valence-corrected chi connectivity index (χ3v) is 3.09. The molecule has 0 radical (unpaired) electrons. The summed E-state index contributed by atoms with van der Waals surface area (Å²) in [6.07, 6.45) is 7.69. The molecule has 1 unspecified atom stereocenters. The Kier molecular flexibility index (Phi) is 4.50. The summed E-state index contributed by atoms with van der Waals surface area (Å²) in [5.74, 6) is 0.150. The smallest absolute Gasteiger partial charge is 0.237 e. The number of amides is 1. The molecule has 0 aliphatic carbocycles. The normalized spacial score (nSPS) is 20.7. The van der Waals surface area contributed by atoms with Gasteiger partial charge in [0.1, 0.15) is 0 Å². The van der Waals surface area contributed by atoms with Crippen LogP contribution in [0.15, 0.2) is 24.5 Å². The summed E-state index contributed by atoms with van der Waals surface area (Å²) in [5, 5.41) is 6.26. The summed E-state index contributed by atoms with van der Waals surface area (Å²) in [5.41, 5.74) is 1.25. The monoisotopic (exact) mass is 233 g/mol. The Balaban J connectivity index is 1.75. The van der Waals surface area contributed by atoms with Gasteiger partial charge in [0.15, 0.2) is 0 Å². The summed E-state index contributed by atoms with van der Waals surface area (Å²) >= 11 is 0. The zero-order valence-electron chi connectivity index (χ0n) is 9.98. The van der Waals surface area contributed by atoms with Crippen LogP contribution in [0.1, 0.15) is 24.8 Å². The highest BCUT2D eigenvalue weighted by molar-refractivity contribution is 5.81. The number of pyridine rings is 1. The van der Waals surface area contributed by atoms with Gasteiger partial charge in [0.25, 0.3) is 0 Å². The molecule has 1 saturated heterocycles. The van der Waals surface area contributed by atoms with Gasteiger partial charge in [-0.05, 0) is 49.9 Å². The number of carbonyl (C=O) groups excluding carboxylic acids is 1. The van der Waals surface area contributed by atoms with Crippen LogP contribution >= 0.6 is 0 Å². The lowest BCUT2D eigenvalue weighted by Gasteiger charge is -2.14. The van der Waals surface area contributed by atoms with Crippen molar-refractivity contribution in [1.29, 1.82) is 0 Å². The van der Waals surface area contributed by atoms with E-state index in [4.69, 9.17) is 0 Å². The van der Waals surface area contributed by atoms with Gasteiger partial charge in [-0.15, -0.1) is 0 Å². The number of rotatable bonds is 4. The van der Waals surface area contributed by atoms with E-state index in [1.54, 1.807) is 12.4 Å². The third-order valence-electron chi connectivity index (χ3n) is 3.09. The van der Waals surface area contributed by atoms with Crippen LogP contribution in [0.5, 0.6) is 0 Å². The maximum Gasteiger partial charge on any atom is 0.237 e. The highest BCUT2D eigenvalue weighted by Crippen LogP contribution is 2.05. The maximum atomic E-state index is 11.7. The molecule has 0 saturated carbocycles. The van der Waals surface area contributed by atoms with Crippen molar-refractivity contribution in [3.63, 3.8) is 0 Å². The quantitative estimate of drug-likeness (QED) is 0.812. The van der Waals surface area contributed by atoms with E-state index >= 15 is 0 Å². The van der Waals surface area contributed by atoms with Crippen molar-refractivity contribution in [2.45, 2.75) is 31.7 Å². The highest BCUT2D eigenvalue weighted by Gasteiger charge is 2.19. The first-order chi connectivity index (χ1) is 8.36. The van der Waals surface area contributed by atoms with Gasteiger partial charge >= 0.3 is 0 Å². The molecule has 92 valence electrons. The van der Waals surface area contributed by atoms with Gasteiger partial charge in [-0.1, -0.05) is 0 Å². The number of hydrogen-bond donors (Lipinski definition) is 2. The molecule has 1 aromatic heterocycles. The minimum atomic E-state index is -0.0145. The summed E-state index contributed by atoms with van der Waals surface area (Å²) in [6, 6.07) is 4.00. The Bertz CT molecular complexity index is 353. The van der Waals surface area contributed by atoms with Crippen LogP contribution in [0.2, 0.25) is 0 Å². The van der Waals surface area contributed by atoms with E-state index in [9.17, 15) is 4.79 Å². The molecule has 2 rings (SSSR count). The molecule has 1 amide bonds. The largest absolute Gasteiger partial charge is 0.355 e. The molecule has 17 heavy (non-hydrogen) atoms. The van der Waals surface area contributed by atoms with Gasteiger partial charge in [0, 0.05) is 18.9 Å². The van der Waals surface area contributed by atoms with Crippen molar-refractivity contribution in [3.8, 4) is 0 Å². The molecule has 1 atom stereocenters. The second-order valence-electron chi connectivity index (χ2n) is 4.40. The molecule has 1 fully saturated rings. The van der Waals surface area contributed by atoms with Crippen molar-refractivity contribution in [1.82, 2.24) is 15.6 Å². The summed E-state index contributed by atoms with van der Waals surface area (Å²) in [4.78, 5) is 15.7. The average Bonchev–Trinajstić information content (AvgIpc) is 2.56. The lowest BCUT2D eigenvalue weighted by atomic mass is 10.1. The highest BCUT2D eigenvalue weighted by atomic mass is 16.2. The van der Waals surface area contributed by atoms with Crippen LogP contribution in [0.4, 0.5) is 0 Å². The number of carbonyl (C=O) groups is 1. The molecule has 4 nitrogen and oxygen atoms in total. The molecule has 4 heteroatoms. The van der Waals surface area contributed by atoms with Crippen LogP contribution in [-0.4, -0.2) is 30.0 Å². The molecule has 1 aliphatic heterocycles. The second-order valence-corrected chi connectivity index (χ2v) is 4.40. The van der Waals surface area contributed by atoms with E-state index in [0.29, 0.717) is 0 Å². The van der Waals surface area contributed by atoms with Gasteiger partial charge in [-0.25, -0.2) is 0 Å². The second kappa shape index (κ2) is 6.35. The number of hydrogen-bond acceptors (Lipinski definition) is 3. The molecular formula is C13H19N3O. The van der Waals surface area contributed by atoms with Crippen molar-refractivity contribution in [3.05, 3.63) is 30.1 Å². The standard InChI is InChI=1S/C13H19N3O/c17-13-12(3-1-2-7-16-13)15-10-6-11-4-8-14-9-5-11/h4-5,8-9,12,15H,1-3,6-7,10H2,(H,16,17). The van der Waals surface area contributed by atoms with Crippen LogP contribution in [0.3, 0.4) is 0 Å². The molecule has 1 aromatic rings. The summed E-state index contributed by atoms with van der Waals surface area (Å²) in [7, 11) is 0. The van der Waals surface area contributed by atoms with Crippen molar-refractivity contribution >= 4 is 5.91 Å². The summed E-state index contributed by atoms with van der Waals surface area (Å²) in [6.45, 7) is 1.66. The minimum Gasteiger partial charge on any atom is -0.355 e. The Morgan fingerprint density at radius 3 is 3.00 bits per heavy atom. The van der Waals surface area contributed by atoms with E-state index in [0.717, 1.165) is 38.8 Å². The Hall–Kier alpha value is -1.42. The lowest BCUT2D eigenvalue weighted by molar-refractivity contribution is -0.122. The fraction of sp³-hybridized carbons (Fsp3) is 0.538.